The molecule has 2 rings (SSSR count). The first-order valence-corrected chi connectivity index (χ1v) is 8.52. The van der Waals surface area contributed by atoms with E-state index in [9.17, 15) is 4.79 Å². The number of carbonyl (C=O) groups excluding carboxylic acids is 1. The van der Waals surface area contributed by atoms with Gasteiger partial charge in [-0.2, -0.15) is 0 Å². The molecular formula is C18H20ClNOS. The smallest absolute Gasteiger partial charge is 0.185 e. The molecule has 0 aliphatic heterocycles. The Labute approximate surface area is 141 Å². The fourth-order valence-electron chi connectivity index (χ4n) is 2.17. The second-order valence-electron chi connectivity index (χ2n) is 5.90. The summed E-state index contributed by atoms with van der Waals surface area (Å²) in [6.07, 6.45) is 3.81. The van der Waals surface area contributed by atoms with Gasteiger partial charge in [0.05, 0.1) is 5.71 Å². The highest BCUT2D eigenvalue weighted by Gasteiger charge is 2.24. The van der Waals surface area contributed by atoms with Crippen molar-refractivity contribution in [3.63, 3.8) is 0 Å². The van der Waals surface area contributed by atoms with E-state index in [2.05, 4.69) is 4.40 Å². The normalized spacial score (nSPS) is 15.2. The molecule has 0 atom stereocenters. The number of halogens is 1. The summed E-state index contributed by atoms with van der Waals surface area (Å²) in [6.45, 7) is 8.15. The van der Waals surface area contributed by atoms with Gasteiger partial charge in [-0.3, -0.25) is 4.79 Å². The average Bonchev–Trinajstić information content (AvgIpc) is 2.47. The van der Waals surface area contributed by atoms with Crippen LogP contribution < -0.4 is 0 Å². The zero-order chi connectivity index (χ0) is 16.3. The highest BCUT2D eigenvalue weighted by molar-refractivity contribution is 7.98. The first-order valence-electron chi connectivity index (χ1n) is 7.37. The molecule has 0 spiro atoms. The van der Waals surface area contributed by atoms with Gasteiger partial charge in [-0.1, -0.05) is 39.3 Å². The monoisotopic (exact) mass is 333 g/mol. The molecule has 1 aliphatic rings. The maximum atomic E-state index is 12.5. The van der Waals surface area contributed by atoms with E-state index in [0.29, 0.717) is 5.02 Å². The number of ketones is 1. The van der Waals surface area contributed by atoms with Crippen LogP contribution in [0.4, 0.5) is 0 Å². The first kappa shape index (κ1) is 17.0. The summed E-state index contributed by atoms with van der Waals surface area (Å²) in [5, 5.41) is 0.712. The van der Waals surface area contributed by atoms with E-state index < -0.39 is 0 Å². The van der Waals surface area contributed by atoms with E-state index >= 15 is 0 Å². The Morgan fingerprint density at radius 1 is 0.955 bits per heavy atom. The van der Waals surface area contributed by atoms with Gasteiger partial charge in [-0.05, 0) is 48.3 Å². The Bertz CT molecular complexity index is 624. The van der Waals surface area contributed by atoms with E-state index in [-0.39, 0.29) is 17.6 Å². The fraction of sp³-hybridized carbons (Fsp3) is 0.333. The molecule has 0 saturated heterocycles. The summed E-state index contributed by atoms with van der Waals surface area (Å²) in [7, 11) is 0. The summed E-state index contributed by atoms with van der Waals surface area (Å²) in [5.41, 5.74) is 2.51. The van der Waals surface area contributed by atoms with Crippen molar-refractivity contribution < 1.29 is 4.79 Å². The van der Waals surface area contributed by atoms with Crippen molar-refractivity contribution in [3.8, 4) is 0 Å². The maximum absolute atomic E-state index is 12.5. The number of Topliss-reactive ketones (excluding diaryl/α,β-unsaturated/α-hetero) is 1. The number of allylic oxidation sites excluding steroid dienone is 4. The lowest BCUT2D eigenvalue weighted by Gasteiger charge is -2.19. The summed E-state index contributed by atoms with van der Waals surface area (Å²) < 4.78 is 4.57. The Kier molecular flexibility index (Phi) is 5.65. The molecule has 0 amide bonds. The number of hydrogen-bond acceptors (Lipinski definition) is 3. The van der Waals surface area contributed by atoms with Gasteiger partial charge in [0, 0.05) is 33.0 Å². The van der Waals surface area contributed by atoms with E-state index in [4.69, 9.17) is 11.6 Å². The summed E-state index contributed by atoms with van der Waals surface area (Å²) >= 11 is 7.28. The molecule has 1 aromatic rings. The minimum atomic E-state index is 0.153. The number of hydrogen-bond donors (Lipinski definition) is 0. The van der Waals surface area contributed by atoms with Crippen LogP contribution in [0.25, 0.3) is 0 Å². The van der Waals surface area contributed by atoms with Crippen molar-refractivity contribution >= 4 is 35.0 Å². The molecule has 0 N–H and O–H groups in total. The molecule has 0 heterocycles. The van der Waals surface area contributed by atoms with Crippen LogP contribution in [0.2, 0.25) is 5.02 Å². The lowest BCUT2D eigenvalue weighted by Crippen LogP contribution is -2.20. The number of nitrogens with zero attached hydrogens (tertiary/aromatic N) is 1. The second-order valence-corrected chi connectivity index (χ2v) is 7.17. The minimum absolute atomic E-state index is 0.153. The molecule has 1 aromatic carbocycles. The Morgan fingerprint density at radius 3 is 1.91 bits per heavy atom. The Balaban J connectivity index is 2.29. The Hall–Kier alpha value is -1.32. The highest BCUT2D eigenvalue weighted by atomic mass is 35.5. The van der Waals surface area contributed by atoms with Gasteiger partial charge >= 0.3 is 0 Å². The molecule has 116 valence electrons. The molecule has 0 fully saturated rings. The Morgan fingerprint density at radius 2 is 1.45 bits per heavy atom. The van der Waals surface area contributed by atoms with Gasteiger partial charge in [0.25, 0.3) is 0 Å². The van der Waals surface area contributed by atoms with Crippen molar-refractivity contribution in [2.24, 2.45) is 16.2 Å². The molecule has 0 aromatic heterocycles. The number of benzene rings is 1. The van der Waals surface area contributed by atoms with E-state index in [1.165, 1.54) is 11.9 Å². The first-order chi connectivity index (χ1) is 10.4. The number of carbonyl (C=O) groups is 1. The molecule has 22 heavy (non-hydrogen) atoms. The van der Waals surface area contributed by atoms with Crippen LogP contribution in [-0.2, 0) is 4.79 Å². The lowest BCUT2D eigenvalue weighted by molar-refractivity contribution is -0.113. The van der Waals surface area contributed by atoms with Crippen LogP contribution in [0.3, 0.4) is 0 Å². The van der Waals surface area contributed by atoms with Crippen LogP contribution in [-0.4, -0.2) is 11.5 Å². The highest BCUT2D eigenvalue weighted by Crippen LogP contribution is 2.27. The van der Waals surface area contributed by atoms with Gasteiger partial charge in [-0.25, -0.2) is 4.40 Å². The fourth-order valence-corrected chi connectivity index (χ4v) is 2.87. The zero-order valence-corrected chi connectivity index (χ0v) is 14.8. The maximum Gasteiger partial charge on any atom is 0.185 e. The molecule has 0 radical (unpaired) electrons. The van der Waals surface area contributed by atoms with Crippen LogP contribution in [0, 0.1) is 11.8 Å². The standard InChI is InChI=1S/C18H20ClNOS/c1-11(2)16-9-14(10-17(12(3)4)18(16)21)20-22-15-7-5-13(19)6-8-15/h5-12H,1-4H3. The van der Waals surface area contributed by atoms with Crippen molar-refractivity contribution in [1.29, 1.82) is 0 Å². The van der Waals surface area contributed by atoms with Crippen LogP contribution in [0.15, 0.2) is 56.9 Å². The third-order valence-corrected chi connectivity index (χ3v) is 4.48. The van der Waals surface area contributed by atoms with Crippen LogP contribution in [0.5, 0.6) is 0 Å². The van der Waals surface area contributed by atoms with Gasteiger partial charge in [0.2, 0.25) is 0 Å². The topological polar surface area (TPSA) is 29.4 Å². The third kappa shape index (κ3) is 4.11. The van der Waals surface area contributed by atoms with E-state index in [1.807, 2.05) is 64.1 Å². The third-order valence-electron chi connectivity index (χ3n) is 3.45. The van der Waals surface area contributed by atoms with E-state index in [0.717, 1.165) is 21.8 Å². The molecule has 0 saturated carbocycles. The quantitative estimate of drug-likeness (QED) is 0.535. The molecule has 2 nitrogen and oxygen atoms in total. The van der Waals surface area contributed by atoms with Gasteiger partial charge in [0.1, 0.15) is 0 Å². The van der Waals surface area contributed by atoms with Crippen molar-refractivity contribution in [2.75, 3.05) is 0 Å². The predicted octanol–water partition coefficient (Wildman–Crippen LogP) is 5.54. The largest absolute Gasteiger partial charge is 0.289 e. The molecule has 1 aliphatic carbocycles. The molecule has 0 bridgehead atoms. The SMILES string of the molecule is CC(C)C1=CC(=NSc2ccc(Cl)cc2)C=C(C(C)C)C1=O. The second kappa shape index (κ2) is 7.30. The van der Waals surface area contributed by atoms with Gasteiger partial charge < -0.3 is 0 Å². The lowest BCUT2D eigenvalue weighted by atomic mass is 9.84. The summed E-state index contributed by atoms with van der Waals surface area (Å²) in [5.74, 6) is 0.543. The summed E-state index contributed by atoms with van der Waals surface area (Å²) in [6, 6.07) is 7.56. The van der Waals surface area contributed by atoms with Crippen molar-refractivity contribution in [1.82, 2.24) is 0 Å². The predicted molar refractivity (Wildman–Crippen MR) is 95.6 cm³/mol. The van der Waals surface area contributed by atoms with Crippen molar-refractivity contribution in [2.45, 2.75) is 32.6 Å². The van der Waals surface area contributed by atoms with Gasteiger partial charge in [-0.15, -0.1) is 0 Å². The molecule has 0 unspecified atom stereocenters. The molecular weight excluding hydrogens is 314 g/mol. The van der Waals surface area contributed by atoms with Gasteiger partial charge in [0.15, 0.2) is 5.78 Å². The van der Waals surface area contributed by atoms with E-state index in [1.54, 1.807) is 0 Å². The number of rotatable bonds is 4. The zero-order valence-electron chi connectivity index (χ0n) is 13.3. The minimum Gasteiger partial charge on any atom is -0.289 e. The molecule has 4 heteroatoms. The van der Waals surface area contributed by atoms with Crippen LogP contribution in [0.1, 0.15) is 27.7 Å². The van der Waals surface area contributed by atoms with Crippen molar-refractivity contribution in [3.05, 3.63) is 52.6 Å². The summed E-state index contributed by atoms with van der Waals surface area (Å²) in [4.78, 5) is 13.5. The van der Waals surface area contributed by atoms with Crippen LogP contribution >= 0.6 is 23.5 Å². The average molecular weight is 334 g/mol.